The van der Waals surface area contributed by atoms with Crippen LogP contribution in [0, 0.1) is 0 Å². The molecule has 0 amide bonds. The van der Waals surface area contributed by atoms with E-state index in [0.29, 0.717) is 0 Å². The fourth-order valence-corrected chi connectivity index (χ4v) is 0.129. The Morgan fingerprint density at radius 1 is 1.50 bits per heavy atom. The Balaban J connectivity index is 3.55. The standard InChI is InChI=1S/C3H2F3O2/c1-2(7)8-3(4,5)6/h1H2. The summed E-state index contributed by atoms with van der Waals surface area (Å²) >= 11 is 0. The van der Waals surface area contributed by atoms with E-state index in [-0.39, 0.29) is 0 Å². The quantitative estimate of drug-likeness (QED) is 0.490. The van der Waals surface area contributed by atoms with Crippen molar-refractivity contribution in [3.05, 3.63) is 12.5 Å². The lowest BCUT2D eigenvalue weighted by Crippen LogP contribution is -2.11. The fourth-order valence-electron chi connectivity index (χ4n) is 0.129. The summed E-state index contributed by atoms with van der Waals surface area (Å²) < 4.78 is 35.2. The molecule has 0 fully saturated rings. The van der Waals surface area contributed by atoms with Crippen LogP contribution in [-0.4, -0.2) is 6.36 Å². The van der Waals surface area contributed by atoms with E-state index in [1.807, 2.05) is 0 Å². The summed E-state index contributed by atoms with van der Waals surface area (Å²) in [6, 6.07) is 0. The molecule has 47 valence electrons. The first-order valence-electron chi connectivity index (χ1n) is 1.53. The minimum absolute atomic E-state index is 1.60. The number of ether oxygens (including phenoxy) is 1. The summed E-state index contributed by atoms with van der Waals surface area (Å²) in [5.41, 5.74) is 0. The Morgan fingerprint density at radius 3 is 1.88 bits per heavy atom. The predicted octanol–water partition coefficient (Wildman–Crippen LogP) is 1.42. The van der Waals surface area contributed by atoms with E-state index in [2.05, 4.69) is 11.3 Å². The van der Waals surface area contributed by atoms with Crippen LogP contribution in [0.1, 0.15) is 0 Å². The smallest absolute Gasteiger partial charge is 0.370 e. The SMILES string of the molecule is C=C([O])OC(F)(F)F. The van der Waals surface area contributed by atoms with Gasteiger partial charge in [0.25, 0.3) is 0 Å². The van der Waals surface area contributed by atoms with Gasteiger partial charge < -0.3 is 4.74 Å². The lowest BCUT2D eigenvalue weighted by atomic mass is 11.0. The van der Waals surface area contributed by atoms with Gasteiger partial charge >= 0.3 is 12.3 Å². The van der Waals surface area contributed by atoms with Gasteiger partial charge in [-0.3, -0.25) is 0 Å². The first-order valence-corrected chi connectivity index (χ1v) is 1.53. The second-order valence-corrected chi connectivity index (χ2v) is 0.920. The van der Waals surface area contributed by atoms with E-state index in [9.17, 15) is 18.3 Å². The van der Waals surface area contributed by atoms with Crippen LogP contribution in [0.25, 0.3) is 0 Å². The van der Waals surface area contributed by atoms with Crippen molar-refractivity contribution in [1.82, 2.24) is 0 Å². The lowest BCUT2D eigenvalue weighted by molar-refractivity contribution is -0.322. The Kier molecular flexibility index (Phi) is 1.72. The second-order valence-electron chi connectivity index (χ2n) is 0.920. The Labute approximate surface area is 43.2 Å². The van der Waals surface area contributed by atoms with Crippen LogP contribution in [0.2, 0.25) is 0 Å². The number of hydrogen-bond donors (Lipinski definition) is 0. The van der Waals surface area contributed by atoms with E-state index >= 15 is 0 Å². The molecule has 0 aliphatic carbocycles. The Morgan fingerprint density at radius 2 is 1.88 bits per heavy atom. The van der Waals surface area contributed by atoms with Gasteiger partial charge in [0.2, 0.25) is 0 Å². The number of rotatable bonds is 1. The summed E-state index contributed by atoms with van der Waals surface area (Å²) in [6.45, 7) is 2.34. The van der Waals surface area contributed by atoms with Crippen molar-refractivity contribution in [1.29, 1.82) is 0 Å². The first-order chi connectivity index (χ1) is 3.42. The zero-order valence-corrected chi connectivity index (χ0v) is 3.66. The molecule has 0 saturated heterocycles. The van der Waals surface area contributed by atoms with Crippen LogP contribution >= 0.6 is 0 Å². The van der Waals surface area contributed by atoms with Gasteiger partial charge in [0, 0.05) is 0 Å². The van der Waals surface area contributed by atoms with E-state index in [0.717, 1.165) is 0 Å². The van der Waals surface area contributed by atoms with Gasteiger partial charge in [-0.05, 0) is 6.58 Å². The molecule has 0 rings (SSSR count). The Hall–Kier alpha value is -0.870. The summed E-state index contributed by atoms with van der Waals surface area (Å²) in [6.07, 6.45) is -4.89. The van der Waals surface area contributed by atoms with Gasteiger partial charge in [-0.15, -0.1) is 13.2 Å². The molecule has 0 N–H and O–H groups in total. The monoisotopic (exact) mass is 127 g/mol. The summed E-state index contributed by atoms with van der Waals surface area (Å²) in [4.78, 5) is 0. The number of alkyl halides is 3. The molecule has 5 heteroatoms. The van der Waals surface area contributed by atoms with Gasteiger partial charge in [0.05, 0.1) is 0 Å². The molecular formula is C3H2F3O2. The van der Waals surface area contributed by atoms with Gasteiger partial charge in [-0.25, -0.2) is 5.11 Å². The van der Waals surface area contributed by atoms with E-state index in [4.69, 9.17) is 0 Å². The summed E-state index contributed by atoms with van der Waals surface area (Å²) in [5, 5.41) is 9.41. The van der Waals surface area contributed by atoms with Crippen molar-refractivity contribution < 1.29 is 23.0 Å². The molecule has 0 spiro atoms. The van der Waals surface area contributed by atoms with Crippen LogP contribution in [0.3, 0.4) is 0 Å². The molecule has 8 heavy (non-hydrogen) atoms. The fraction of sp³-hybridized carbons (Fsp3) is 0.333. The number of hydrogen-bond acceptors (Lipinski definition) is 1. The molecule has 1 radical (unpaired) electrons. The molecule has 0 aromatic rings. The maximum absolute atomic E-state index is 10.8. The van der Waals surface area contributed by atoms with Gasteiger partial charge in [0.1, 0.15) is 0 Å². The van der Waals surface area contributed by atoms with Crippen molar-refractivity contribution in [2.24, 2.45) is 0 Å². The average molecular weight is 127 g/mol. The highest BCUT2D eigenvalue weighted by atomic mass is 19.4. The average Bonchev–Trinajstić information content (AvgIpc) is 1.21. The van der Waals surface area contributed by atoms with Crippen LogP contribution in [-0.2, 0) is 9.84 Å². The third-order valence-corrected chi connectivity index (χ3v) is 0.230. The molecule has 0 aliphatic rings. The molecule has 0 aliphatic heterocycles. The highest BCUT2D eigenvalue weighted by Crippen LogP contribution is 2.18. The van der Waals surface area contributed by atoms with E-state index in [1.54, 1.807) is 0 Å². The molecule has 0 atom stereocenters. The Bertz CT molecular complexity index is 95.2. The van der Waals surface area contributed by atoms with Crippen LogP contribution in [0.4, 0.5) is 13.2 Å². The third-order valence-electron chi connectivity index (χ3n) is 0.230. The van der Waals surface area contributed by atoms with Gasteiger partial charge in [-0.1, -0.05) is 0 Å². The zero-order valence-electron chi connectivity index (χ0n) is 3.66. The minimum Gasteiger partial charge on any atom is -0.370 e. The predicted molar refractivity (Wildman–Crippen MR) is 17.0 cm³/mol. The molecule has 0 unspecified atom stereocenters. The topological polar surface area (TPSA) is 29.1 Å². The molecule has 0 aromatic heterocycles. The largest absolute Gasteiger partial charge is 0.575 e. The normalized spacial score (nSPS) is 10.9. The molecule has 0 heterocycles. The zero-order chi connectivity index (χ0) is 6.78. The molecular weight excluding hydrogens is 125 g/mol. The van der Waals surface area contributed by atoms with Crippen molar-refractivity contribution in [3.63, 3.8) is 0 Å². The minimum atomic E-state index is -4.89. The van der Waals surface area contributed by atoms with Crippen LogP contribution in [0.15, 0.2) is 12.5 Å². The van der Waals surface area contributed by atoms with E-state index < -0.39 is 12.3 Å². The van der Waals surface area contributed by atoms with E-state index in [1.165, 1.54) is 0 Å². The maximum atomic E-state index is 10.8. The lowest BCUT2D eigenvalue weighted by Gasteiger charge is -2.02. The van der Waals surface area contributed by atoms with Crippen LogP contribution < -0.4 is 0 Å². The van der Waals surface area contributed by atoms with Crippen molar-refractivity contribution in [3.8, 4) is 0 Å². The maximum Gasteiger partial charge on any atom is 0.575 e. The highest BCUT2D eigenvalue weighted by Gasteiger charge is 2.32. The molecule has 0 aromatic carbocycles. The summed E-state index contributed by atoms with van der Waals surface area (Å²) in [5.74, 6) is -1.60. The van der Waals surface area contributed by atoms with Crippen molar-refractivity contribution in [2.45, 2.75) is 6.36 Å². The number of halogens is 3. The second kappa shape index (κ2) is 1.94. The van der Waals surface area contributed by atoms with Crippen molar-refractivity contribution in [2.75, 3.05) is 0 Å². The summed E-state index contributed by atoms with van der Waals surface area (Å²) in [7, 11) is 0. The molecule has 2 nitrogen and oxygen atoms in total. The van der Waals surface area contributed by atoms with Crippen molar-refractivity contribution >= 4 is 0 Å². The highest BCUT2D eigenvalue weighted by molar-refractivity contribution is 4.62. The molecule has 0 saturated carbocycles. The molecule has 0 bridgehead atoms. The third kappa shape index (κ3) is 5.13. The van der Waals surface area contributed by atoms with Crippen LogP contribution in [0.5, 0.6) is 0 Å². The van der Waals surface area contributed by atoms with Gasteiger partial charge in [-0.2, -0.15) is 0 Å². The first kappa shape index (κ1) is 7.13. The van der Waals surface area contributed by atoms with Gasteiger partial charge in [0.15, 0.2) is 0 Å².